The van der Waals surface area contributed by atoms with E-state index in [0.29, 0.717) is 23.5 Å². The van der Waals surface area contributed by atoms with E-state index in [0.717, 1.165) is 50.5 Å². The second-order valence-corrected chi connectivity index (χ2v) is 8.03. The number of halogens is 1. The molecule has 0 saturated carbocycles. The van der Waals surface area contributed by atoms with Gasteiger partial charge in [0.2, 0.25) is 5.91 Å². The van der Waals surface area contributed by atoms with Crippen molar-refractivity contribution in [3.05, 3.63) is 29.3 Å². The molecule has 0 spiro atoms. The zero-order valence-electron chi connectivity index (χ0n) is 18.1. The van der Waals surface area contributed by atoms with Crippen LogP contribution in [0.3, 0.4) is 0 Å². The SMILES string of the molecule is CCC(CC)C(=O)N1CCC(NC(=NC)NCC(C)Oc2cccc(Cl)c2)CC1. The Morgan fingerprint density at radius 2 is 2.00 bits per heavy atom. The Kier molecular flexibility index (Phi) is 9.58. The van der Waals surface area contributed by atoms with Crippen LogP contribution in [0.15, 0.2) is 29.3 Å². The highest BCUT2D eigenvalue weighted by atomic mass is 35.5. The van der Waals surface area contributed by atoms with Crippen molar-refractivity contribution in [2.75, 3.05) is 26.7 Å². The number of amides is 1. The van der Waals surface area contributed by atoms with Crippen LogP contribution in [0.4, 0.5) is 0 Å². The first-order chi connectivity index (χ1) is 14.0. The van der Waals surface area contributed by atoms with E-state index >= 15 is 0 Å². The molecule has 2 N–H and O–H groups in total. The van der Waals surface area contributed by atoms with Gasteiger partial charge < -0.3 is 20.3 Å². The maximum Gasteiger partial charge on any atom is 0.225 e. The van der Waals surface area contributed by atoms with E-state index in [1.54, 1.807) is 7.05 Å². The Bertz CT molecular complexity index is 671. The van der Waals surface area contributed by atoms with Gasteiger partial charge in [-0.15, -0.1) is 0 Å². The summed E-state index contributed by atoms with van der Waals surface area (Å²) in [5.74, 6) is 1.98. The van der Waals surface area contributed by atoms with Crippen LogP contribution in [0.5, 0.6) is 5.75 Å². The van der Waals surface area contributed by atoms with Gasteiger partial charge in [-0.2, -0.15) is 0 Å². The number of likely N-dealkylation sites (tertiary alicyclic amines) is 1. The third kappa shape index (κ3) is 7.42. The van der Waals surface area contributed by atoms with E-state index in [1.165, 1.54) is 0 Å². The fourth-order valence-electron chi connectivity index (χ4n) is 3.58. The fourth-order valence-corrected chi connectivity index (χ4v) is 3.76. The van der Waals surface area contributed by atoms with Gasteiger partial charge in [0.1, 0.15) is 11.9 Å². The molecular weight excluding hydrogens is 388 g/mol. The van der Waals surface area contributed by atoms with Crippen molar-refractivity contribution < 1.29 is 9.53 Å². The Balaban J connectivity index is 1.74. The molecule has 1 heterocycles. The van der Waals surface area contributed by atoms with Crippen molar-refractivity contribution in [2.45, 2.75) is 58.6 Å². The van der Waals surface area contributed by atoms with Gasteiger partial charge in [0.15, 0.2) is 5.96 Å². The van der Waals surface area contributed by atoms with Gasteiger partial charge in [-0.3, -0.25) is 9.79 Å². The molecule has 1 aliphatic heterocycles. The molecule has 1 fully saturated rings. The van der Waals surface area contributed by atoms with Crippen LogP contribution in [0.2, 0.25) is 5.02 Å². The Morgan fingerprint density at radius 3 is 2.59 bits per heavy atom. The van der Waals surface area contributed by atoms with E-state index in [4.69, 9.17) is 16.3 Å². The maximum atomic E-state index is 12.5. The summed E-state index contributed by atoms with van der Waals surface area (Å²) >= 11 is 6.00. The van der Waals surface area contributed by atoms with Gasteiger partial charge in [-0.1, -0.05) is 31.5 Å². The third-order valence-electron chi connectivity index (χ3n) is 5.40. The maximum absolute atomic E-state index is 12.5. The number of hydrogen-bond donors (Lipinski definition) is 2. The monoisotopic (exact) mass is 422 g/mol. The smallest absolute Gasteiger partial charge is 0.225 e. The molecule has 6 nitrogen and oxygen atoms in total. The average molecular weight is 423 g/mol. The van der Waals surface area contributed by atoms with Gasteiger partial charge in [0.05, 0.1) is 6.54 Å². The quantitative estimate of drug-likeness (QED) is 0.495. The van der Waals surface area contributed by atoms with E-state index in [9.17, 15) is 4.79 Å². The summed E-state index contributed by atoms with van der Waals surface area (Å²) in [6, 6.07) is 7.72. The minimum Gasteiger partial charge on any atom is -0.489 e. The number of rotatable bonds is 8. The molecule has 162 valence electrons. The lowest BCUT2D eigenvalue weighted by atomic mass is 9.98. The van der Waals surface area contributed by atoms with Crippen molar-refractivity contribution in [3.8, 4) is 5.75 Å². The third-order valence-corrected chi connectivity index (χ3v) is 5.63. The number of nitrogens with zero attached hydrogens (tertiary/aromatic N) is 2. The summed E-state index contributed by atoms with van der Waals surface area (Å²) in [7, 11) is 1.77. The van der Waals surface area contributed by atoms with Gasteiger partial charge in [0, 0.05) is 37.1 Å². The summed E-state index contributed by atoms with van der Waals surface area (Å²) in [5, 5.41) is 7.46. The number of carbonyl (C=O) groups excluding carboxylic acids is 1. The number of hydrogen-bond acceptors (Lipinski definition) is 3. The van der Waals surface area contributed by atoms with Crippen molar-refractivity contribution in [1.29, 1.82) is 0 Å². The van der Waals surface area contributed by atoms with E-state index in [2.05, 4.69) is 29.5 Å². The van der Waals surface area contributed by atoms with Gasteiger partial charge >= 0.3 is 0 Å². The number of piperidine rings is 1. The van der Waals surface area contributed by atoms with E-state index in [1.807, 2.05) is 36.1 Å². The lowest BCUT2D eigenvalue weighted by Gasteiger charge is -2.35. The summed E-state index contributed by atoms with van der Waals surface area (Å²) < 4.78 is 5.89. The number of aliphatic imine (C=N–C) groups is 1. The van der Waals surface area contributed by atoms with E-state index in [-0.39, 0.29) is 12.0 Å². The minimum absolute atomic E-state index is 0.0356. The van der Waals surface area contributed by atoms with Crippen molar-refractivity contribution >= 4 is 23.5 Å². The number of guanidine groups is 1. The second kappa shape index (κ2) is 11.9. The lowest BCUT2D eigenvalue weighted by molar-refractivity contribution is -0.136. The van der Waals surface area contributed by atoms with Gasteiger partial charge in [-0.25, -0.2) is 0 Å². The molecular formula is C22H35ClN4O2. The van der Waals surface area contributed by atoms with Crippen LogP contribution in [0.25, 0.3) is 0 Å². The highest BCUT2D eigenvalue weighted by molar-refractivity contribution is 6.30. The first kappa shape index (κ1) is 23.3. The van der Waals surface area contributed by atoms with Gasteiger partial charge in [0.25, 0.3) is 0 Å². The molecule has 0 radical (unpaired) electrons. The second-order valence-electron chi connectivity index (χ2n) is 7.60. The Hall–Kier alpha value is -1.95. The number of carbonyl (C=O) groups is 1. The van der Waals surface area contributed by atoms with Crippen LogP contribution < -0.4 is 15.4 Å². The molecule has 29 heavy (non-hydrogen) atoms. The molecule has 1 unspecified atom stereocenters. The normalized spacial score (nSPS) is 16.6. The molecule has 1 aromatic carbocycles. The van der Waals surface area contributed by atoms with Crippen LogP contribution >= 0.6 is 11.6 Å². The van der Waals surface area contributed by atoms with Crippen LogP contribution in [0.1, 0.15) is 46.5 Å². The molecule has 1 atom stereocenters. The highest BCUT2D eigenvalue weighted by Crippen LogP contribution is 2.19. The molecule has 2 rings (SSSR count). The molecule has 7 heteroatoms. The molecule has 0 bridgehead atoms. The van der Waals surface area contributed by atoms with Crippen LogP contribution in [0, 0.1) is 5.92 Å². The van der Waals surface area contributed by atoms with Gasteiger partial charge in [-0.05, 0) is 50.8 Å². The largest absolute Gasteiger partial charge is 0.489 e. The first-order valence-corrected chi connectivity index (χ1v) is 11.0. The zero-order chi connectivity index (χ0) is 21.2. The fraction of sp³-hybridized carbons (Fsp3) is 0.636. The first-order valence-electron chi connectivity index (χ1n) is 10.6. The lowest BCUT2D eigenvalue weighted by Crippen LogP contribution is -2.51. The molecule has 1 aromatic rings. The summed E-state index contributed by atoms with van der Waals surface area (Å²) in [6.45, 7) is 8.41. The van der Waals surface area contributed by atoms with Crippen molar-refractivity contribution in [3.63, 3.8) is 0 Å². The van der Waals surface area contributed by atoms with Crippen LogP contribution in [-0.2, 0) is 4.79 Å². The number of nitrogens with one attached hydrogen (secondary N) is 2. The van der Waals surface area contributed by atoms with Crippen LogP contribution in [-0.4, -0.2) is 55.6 Å². The summed E-state index contributed by atoms with van der Waals surface area (Å²) in [5.41, 5.74) is 0. The van der Waals surface area contributed by atoms with E-state index < -0.39 is 0 Å². The predicted molar refractivity (Wildman–Crippen MR) is 120 cm³/mol. The number of benzene rings is 1. The predicted octanol–water partition coefficient (Wildman–Crippen LogP) is 3.70. The molecule has 1 amide bonds. The number of ether oxygens (including phenoxy) is 1. The molecule has 1 saturated heterocycles. The zero-order valence-corrected chi connectivity index (χ0v) is 18.8. The highest BCUT2D eigenvalue weighted by Gasteiger charge is 2.26. The summed E-state index contributed by atoms with van der Waals surface area (Å²) in [4.78, 5) is 18.9. The molecule has 1 aliphatic rings. The molecule has 0 aromatic heterocycles. The van der Waals surface area contributed by atoms with Crippen molar-refractivity contribution in [2.24, 2.45) is 10.9 Å². The summed E-state index contributed by atoms with van der Waals surface area (Å²) in [6.07, 6.45) is 3.66. The minimum atomic E-state index is -0.0356. The molecule has 0 aliphatic carbocycles. The Morgan fingerprint density at radius 1 is 1.31 bits per heavy atom. The standard InChI is InChI=1S/C22H35ClN4O2/c1-5-17(6-2)21(28)27-12-10-19(11-13-27)26-22(24-4)25-15-16(3)29-20-9-7-8-18(23)14-20/h7-9,14,16-17,19H,5-6,10-13,15H2,1-4H3,(H2,24,25,26). The average Bonchev–Trinajstić information content (AvgIpc) is 2.72. The van der Waals surface area contributed by atoms with Crippen molar-refractivity contribution in [1.82, 2.24) is 15.5 Å². The Labute approximate surface area is 180 Å². The topological polar surface area (TPSA) is 66.0 Å².